The van der Waals surface area contributed by atoms with Crippen molar-refractivity contribution in [3.8, 4) is 11.5 Å². The van der Waals surface area contributed by atoms with Crippen LogP contribution in [0.5, 0.6) is 11.5 Å². The van der Waals surface area contributed by atoms with Gasteiger partial charge in [0.1, 0.15) is 46.5 Å². The zero-order chi connectivity index (χ0) is 35.0. The van der Waals surface area contributed by atoms with Crippen molar-refractivity contribution in [3.05, 3.63) is 144 Å². The number of fused-ring (bicyclic) bond motifs is 3. The normalized spacial score (nSPS) is 21.1. The molecule has 3 N–H and O–H groups in total. The standard InChI is InChI=1S/C39H35N5O7/c1-47-28-17-13-26(14-18-28)39(25-11-7-4-8-12-25,27-15-19-29(48-2)20-16-27)50-22-38-21-49-31(33(38)45)32(51-38)36-42-34-30(40-23-41-34)35(43-36)44-37(46)24-9-5-3-6-10-24/h3-20,23,31-33,45H,21-22H2,1-2H3,(H2,40,41,42,43,44,46)/t31-,32-,33-,38+/m0/s1. The first-order chi connectivity index (χ1) is 24.9. The number of nitrogens with one attached hydrogen (secondary N) is 2. The summed E-state index contributed by atoms with van der Waals surface area (Å²) < 4.78 is 30.9. The SMILES string of the molecule is COc1ccc(C(OC[C@@]23CO[C@@H]([C@@H](c4nc(NC(=O)c5ccccc5)c5[nH]cnc5n4)O2)[C@@H]3O)(c2ccccc2)c2ccc(OC)cc2)cc1. The van der Waals surface area contributed by atoms with Crippen LogP contribution in [0.2, 0.25) is 0 Å². The van der Waals surface area contributed by atoms with E-state index in [0.29, 0.717) is 28.2 Å². The van der Waals surface area contributed by atoms with Gasteiger partial charge in [0, 0.05) is 5.56 Å². The van der Waals surface area contributed by atoms with Crippen molar-refractivity contribution in [1.82, 2.24) is 19.9 Å². The van der Waals surface area contributed by atoms with Crippen LogP contribution in [0.25, 0.3) is 11.2 Å². The molecule has 12 nitrogen and oxygen atoms in total. The average molecular weight is 686 g/mol. The van der Waals surface area contributed by atoms with Gasteiger partial charge in [0.2, 0.25) is 0 Å². The molecule has 4 aromatic carbocycles. The van der Waals surface area contributed by atoms with Gasteiger partial charge < -0.3 is 39.1 Å². The Bertz CT molecular complexity index is 2100. The number of carbonyl (C=O) groups is 1. The van der Waals surface area contributed by atoms with Gasteiger partial charge >= 0.3 is 0 Å². The number of H-pyrrole nitrogens is 1. The third-order valence-corrected chi connectivity index (χ3v) is 9.56. The lowest BCUT2D eigenvalue weighted by Crippen LogP contribution is -2.48. The largest absolute Gasteiger partial charge is 0.497 e. The van der Waals surface area contributed by atoms with Crippen molar-refractivity contribution in [3.63, 3.8) is 0 Å². The number of aromatic nitrogens is 4. The van der Waals surface area contributed by atoms with Crippen LogP contribution in [0.3, 0.4) is 0 Å². The molecule has 0 saturated carbocycles. The number of aliphatic hydroxyl groups excluding tert-OH is 1. The highest BCUT2D eigenvalue weighted by atomic mass is 16.7. The van der Waals surface area contributed by atoms with Crippen LogP contribution in [-0.4, -0.2) is 76.2 Å². The van der Waals surface area contributed by atoms with Crippen molar-refractivity contribution in [1.29, 1.82) is 0 Å². The minimum Gasteiger partial charge on any atom is -0.497 e. The lowest BCUT2D eigenvalue weighted by atomic mass is 9.79. The molecular weight excluding hydrogens is 650 g/mol. The van der Waals surface area contributed by atoms with E-state index in [1.165, 1.54) is 6.33 Å². The van der Waals surface area contributed by atoms with Crippen LogP contribution in [0.4, 0.5) is 5.82 Å². The van der Waals surface area contributed by atoms with Gasteiger partial charge in [-0.2, -0.15) is 0 Å². The number of methoxy groups -OCH3 is 2. The van der Waals surface area contributed by atoms with Gasteiger partial charge in [0.15, 0.2) is 17.3 Å². The Labute approximate surface area is 293 Å². The van der Waals surface area contributed by atoms with Gasteiger partial charge in [-0.1, -0.05) is 72.8 Å². The van der Waals surface area contributed by atoms with Gasteiger partial charge in [-0.15, -0.1) is 0 Å². The van der Waals surface area contributed by atoms with E-state index in [-0.39, 0.29) is 30.8 Å². The van der Waals surface area contributed by atoms with Gasteiger partial charge in [0.05, 0.1) is 33.8 Å². The van der Waals surface area contributed by atoms with E-state index in [9.17, 15) is 9.90 Å². The second kappa shape index (κ2) is 13.2. The van der Waals surface area contributed by atoms with Gasteiger partial charge in [-0.25, -0.2) is 15.0 Å². The number of ether oxygens (including phenoxy) is 5. The van der Waals surface area contributed by atoms with Crippen molar-refractivity contribution < 1.29 is 33.6 Å². The maximum Gasteiger partial charge on any atom is 0.256 e. The Hall–Kier alpha value is -5.66. The van der Waals surface area contributed by atoms with Crippen LogP contribution in [0.1, 0.15) is 39.0 Å². The predicted molar refractivity (Wildman–Crippen MR) is 187 cm³/mol. The van der Waals surface area contributed by atoms with E-state index in [4.69, 9.17) is 28.7 Å². The second-order valence-electron chi connectivity index (χ2n) is 12.5. The summed E-state index contributed by atoms with van der Waals surface area (Å²) in [7, 11) is 3.25. The average Bonchev–Trinajstić information content (AvgIpc) is 3.88. The number of anilines is 1. The molecule has 2 saturated heterocycles. The molecule has 12 heteroatoms. The van der Waals surface area contributed by atoms with Gasteiger partial charge in [0.25, 0.3) is 5.91 Å². The highest BCUT2D eigenvalue weighted by Crippen LogP contribution is 2.49. The van der Waals surface area contributed by atoms with E-state index in [1.807, 2.05) is 84.9 Å². The molecule has 2 bridgehead atoms. The number of hydrogen-bond donors (Lipinski definition) is 3. The summed E-state index contributed by atoms with van der Waals surface area (Å²) in [5, 5.41) is 14.7. The van der Waals surface area contributed by atoms with Gasteiger partial charge in [-0.05, 0) is 53.1 Å². The summed E-state index contributed by atoms with van der Waals surface area (Å²) in [6.45, 7) is 0.0179. The third-order valence-electron chi connectivity index (χ3n) is 9.56. The van der Waals surface area contributed by atoms with Crippen molar-refractivity contribution >= 4 is 22.9 Å². The number of carbonyl (C=O) groups excluding carboxylic acids is 1. The highest BCUT2D eigenvalue weighted by Gasteiger charge is 2.63. The first-order valence-corrected chi connectivity index (χ1v) is 16.5. The summed E-state index contributed by atoms with van der Waals surface area (Å²) in [5.41, 5.74) is 1.37. The molecule has 0 aliphatic carbocycles. The summed E-state index contributed by atoms with van der Waals surface area (Å²) in [6.07, 6.45) is -1.27. The minimum absolute atomic E-state index is 0.0592. The molecule has 2 aliphatic rings. The Morgan fingerprint density at radius 3 is 2.12 bits per heavy atom. The van der Waals surface area contributed by atoms with Crippen molar-refractivity contribution in [2.24, 2.45) is 0 Å². The fourth-order valence-corrected chi connectivity index (χ4v) is 6.89. The maximum absolute atomic E-state index is 13.1. The first-order valence-electron chi connectivity index (χ1n) is 16.5. The van der Waals surface area contributed by atoms with Crippen LogP contribution >= 0.6 is 0 Å². The molecule has 2 aromatic heterocycles. The van der Waals surface area contributed by atoms with Crippen molar-refractivity contribution in [2.45, 2.75) is 29.5 Å². The molecule has 0 radical (unpaired) electrons. The lowest BCUT2D eigenvalue weighted by molar-refractivity contribution is -0.186. The molecule has 4 heterocycles. The number of amides is 1. The smallest absolute Gasteiger partial charge is 0.256 e. The molecular formula is C39H35N5O7. The maximum atomic E-state index is 13.1. The molecule has 8 rings (SSSR count). The second-order valence-corrected chi connectivity index (χ2v) is 12.5. The Morgan fingerprint density at radius 1 is 0.882 bits per heavy atom. The van der Waals surface area contributed by atoms with Crippen LogP contribution in [-0.2, 0) is 19.8 Å². The Morgan fingerprint density at radius 2 is 1.49 bits per heavy atom. The lowest BCUT2D eigenvalue weighted by Gasteiger charge is -2.39. The van der Waals surface area contributed by atoms with Crippen LogP contribution in [0.15, 0.2) is 116 Å². The van der Waals surface area contributed by atoms with Gasteiger partial charge in [-0.3, -0.25) is 4.79 Å². The summed E-state index contributed by atoms with van der Waals surface area (Å²) in [4.78, 5) is 29.8. The summed E-state index contributed by atoms with van der Waals surface area (Å²) >= 11 is 0. The van der Waals surface area contributed by atoms with E-state index >= 15 is 0 Å². The molecule has 6 aromatic rings. The van der Waals surface area contributed by atoms with Crippen LogP contribution in [0, 0.1) is 0 Å². The molecule has 51 heavy (non-hydrogen) atoms. The number of imidazole rings is 1. The number of hydrogen-bond acceptors (Lipinski definition) is 10. The molecule has 2 fully saturated rings. The van der Waals surface area contributed by atoms with E-state index in [1.54, 1.807) is 38.5 Å². The molecule has 4 atom stereocenters. The first kappa shape index (κ1) is 32.5. The third kappa shape index (κ3) is 5.68. The Balaban J connectivity index is 1.15. The number of aliphatic hydroxyl groups is 1. The summed E-state index contributed by atoms with van der Waals surface area (Å²) in [5.74, 6) is 1.50. The number of nitrogens with zero attached hydrogens (tertiary/aromatic N) is 3. The molecule has 1 amide bonds. The van der Waals surface area contributed by atoms with E-state index in [2.05, 4.69) is 20.3 Å². The molecule has 258 valence electrons. The summed E-state index contributed by atoms with van der Waals surface area (Å²) in [6, 6.07) is 34.1. The zero-order valence-electron chi connectivity index (χ0n) is 27.9. The topological polar surface area (TPSA) is 150 Å². The van der Waals surface area contributed by atoms with Crippen molar-refractivity contribution in [2.75, 3.05) is 32.8 Å². The highest BCUT2D eigenvalue weighted by molar-refractivity contribution is 6.06. The fraction of sp³-hybridized carbons (Fsp3) is 0.231. The number of benzene rings is 4. The van der Waals surface area contributed by atoms with Crippen LogP contribution < -0.4 is 14.8 Å². The number of aromatic amines is 1. The monoisotopic (exact) mass is 685 g/mol. The molecule has 2 aliphatic heterocycles. The van der Waals surface area contributed by atoms with E-state index < -0.39 is 29.5 Å². The number of rotatable bonds is 11. The minimum atomic E-state index is -1.27. The van der Waals surface area contributed by atoms with E-state index in [0.717, 1.165) is 16.7 Å². The predicted octanol–water partition coefficient (Wildman–Crippen LogP) is 5.20. The molecule has 0 spiro atoms. The fourth-order valence-electron chi connectivity index (χ4n) is 6.89. The molecule has 0 unspecified atom stereocenters. The Kier molecular flexibility index (Phi) is 8.44. The quantitative estimate of drug-likeness (QED) is 0.155. The zero-order valence-corrected chi connectivity index (χ0v) is 27.9.